The van der Waals surface area contributed by atoms with Crippen LogP contribution in [-0.2, 0) is 0 Å². The molecule has 7 aromatic rings. The van der Waals surface area contributed by atoms with Crippen molar-refractivity contribution < 1.29 is 0 Å². The summed E-state index contributed by atoms with van der Waals surface area (Å²) in [6, 6.07) is 75.4. The first-order chi connectivity index (χ1) is 22.3. The molecule has 0 bridgehead atoms. The van der Waals surface area contributed by atoms with Crippen LogP contribution in [-0.4, -0.2) is 26.5 Å². The van der Waals surface area contributed by atoms with Gasteiger partial charge in [-0.2, -0.15) is 0 Å². The molecule has 45 heavy (non-hydrogen) atoms. The molecule has 0 aliphatic heterocycles. The number of hydrogen-bond acceptors (Lipinski definition) is 0. The zero-order valence-electron chi connectivity index (χ0n) is 25.6. The Kier molecular flexibility index (Phi) is 8.43. The van der Waals surface area contributed by atoms with Crippen molar-refractivity contribution in [1.29, 1.82) is 0 Å². The van der Waals surface area contributed by atoms with E-state index in [4.69, 9.17) is 0 Å². The summed E-state index contributed by atoms with van der Waals surface area (Å²) in [5, 5.41) is 0. The molecule has 0 nitrogen and oxygen atoms in total. The van der Waals surface area contributed by atoms with E-state index < -0.39 is 26.5 Å². The van der Waals surface area contributed by atoms with Gasteiger partial charge in [0.15, 0.2) is 0 Å². The topological polar surface area (TPSA) is 0 Å². The second-order valence-electron chi connectivity index (χ2n) is 11.7. The van der Waals surface area contributed by atoms with Crippen molar-refractivity contribution in [2.75, 3.05) is 0 Å². The molecule has 2 heteroatoms. The van der Waals surface area contributed by atoms with Crippen LogP contribution in [0.1, 0.15) is 5.56 Å². The first-order valence-corrected chi connectivity index (χ1v) is 24.1. The van der Waals surface area contributed by atoms with Gasteiger partial charge in [0.2, 0.25) is 0 Å². The minimum atomic E-state index is -3.40. The van der Waals surface area contributed by atoms with Gasteiger partial charge in [0.25, 0.3) is 0 Å². The Balaban J connectivity index is 1.56. The second kappa shape index (κ2) is 12.9. The molecule has 0 unspecified atom stereocenters. The van der Waals surface area contributed by atoms with Gasteiger partial charge in [-0.1, -0.05) is 0 Å². The van der Waals surface area contributed by atoms with E-state index in [0.717, 1.165) is 0 Å². The van der Waals surface area contributed by atoms with Crippen molar-refractivity contribution in [3.63, 3.8) is 0 Å². The molecule has 0 aliphatic carbocycles. The molecule has 0 atom stereocenters. The number of aryl methyl sites for hydroxylation is 1. The Morgan fingerprint density at radius 2 is 0.533 bits per heavy atom. The van der Waals surface area contributed by atoms with Crippen LogP contribution in [0.2, 0.25) is 0 Å². The van der Waals surface area contributed by atoms with Crippen LogP contribution in [0.3, 0.4) is 0 Å². The predicted octanol–water partition coefficient (Wildman–Crippen LogP) is 4.75. The van der Waals surface area contributed by atoms with Crippen LogP contribution < -0.4 is 35.2 Å². The summed E-state index contributed by atoms with van der Waals surface area (Å²) >= 11 is -6.79. The maximum absolute atomic E-state index is 3.40. The number of hydrogen-bond donors (Lipinski definition) is 0. The van der Waals surface area contributed by atoms with Gasteiger partial charge in [0.05, 0.1) is 0 Å². The molecule has 0 saturated heterocycles. The SMILES string of the molecule is Cc1c[c]([Ge]([c]2ccccc2)([c]2ccccc2)[c]2ccccc2)cc[c]1[Ge]([c]1ccccc1)([c]1ccccc1)[c]1ccccc1. The summed E-state index contributed by atoms with van der Waals surface area (Å²) in [4.78, 5) is 0. The third-order valence-corrected chi connectivity index (χ3v) is 29.7. The van der Waals surface area contributed by atoms with E-state index in [1.165, 1.54) is 40.7 Å². The van der Waals surface area contributed by atoms with Crippen molar-refractivity contribution in [1.82, 2.24) is 0 Å². The van der Waals surface area contributed by atoms with E-state index in [1.54, 1.807) is 0 Å². The molecule has 0 aliphatic rings. The molecule has 0 heterocycles. The predicted molar refractivity (Wildman–Crippen MR) is 198 cm³/mol. The Morgan fingerprint density at radius 1 is 0.267 bits per heavy atom. The van der Waals surface area contributed by atoms with Crippen LogP contribution in [0.5, 0.6) is 0 Å². The third-order valence-electron chi connectivity index (χ3n) is 9.30. The molecular formula is C43H36Ge2. The van der Waals surface area contributed by atoms with Gasteiger partial charge in [-0.3, -0.25) is 0 Å². The van der Waals surface area contributed by atoms with E-state index in [1.807, 2.05) is 0 Å². The van der Waals surface area contributed by atoms with Crippen molar-refractivity contribution in [3.05, 3.63) is 206 Å². The Morgan fingerprint density at radius 3 is 0.800 bits per heavy atom. The van der Waals surface area contributed by atoms with E-state index in [2.05, 4.69) is 207 Å². The summed E-state index contributed by atoms with van der Waals surface area (Å²) in [7, 11) is 0. The molecule has 216 valence electrons. The molecule has 0 aromatic heterocycles. The molecule has 0 spiro atoms. The van der Waals surface area contributed by atoms with Crippen LogP contribution in [0.4, 0.5) is 0 Å². The van der Waals surface area contributed by atoms with Gasteiger partial charge in [0.1, 0.15) is 0 Å². The van der Waals surface area contributed by atoms with Gasteiger partial charge in [-0.05, 0) is 0 Å². The van der Waals surface area contributed by atoms with E-state index >= 15 is 0 Å². The first kappa shape index (κ1) is 29.3. The molecular weight excluding hydrogens is 662 g/mol. The summed E-state index contributed by atoms with van der Waals surface area (Å²) in [5.74, 6) is 0. The molecule has 7 rings (SSSR count). The average Bonchev–Trinajstić information content (AvgIpc) is 3.13. The van der Waals surface area contributed by atoms with Crippen LogP contribution in [0.15, 0.2) is 200 Å². The maximum atomic E-state index is 2.57. The number of rotatable bonds is 8. The Bertz CT molecular complexity index is 1780. The molecule has 0 radical (unpaired) electrons. The first-order valence-electron chi connectivity index (χ1n) is 15.7. The summed E-state index contributed by atoms with van der Waals surface area (Å²) in [5.41, 5.74) is 1.38. The molecule has 0 saturated carbocycles. The van der Waals surface area contributed by atoms with Crippen molar-refractivity contribution in [2.24, 2.45) is 0 Å². The van der Waals surface area contributed by atoms with Crippen molar-refractivity contribution in [3.8, 4) is 0 Å². The van der Waals surface area contributed by atoms with Gasteiger partial charge in [0, 0.05) is 0 Å². The third kappa shape index (κ3) is 5.12. The molecule has 7 aromatic carbocycles. The molecule has 0 amide bonds. The average molecular weight is 698 g/mol. The fourth-order valence-electron chi connectivity index (χ4n) is 7.41. The van der Waals surface area contributed by atoms with Gasteiger partial charge in [-0.25, -0.2) is 0 Å². The standard InChI is InChI=1S/C43H36Ge2/c1-35-34-42(44(36-20-8-2-9-21-36,37-22-10-3-11-23-37)38-24-12-4-13-25-38)32-33-43(35)45(39-26-14-5-15-27-39,40-28-16-6-17-29-40)41-30-18-7-19-31-41/h2-34H,1H3. The fourth-order valence-corrected chi connectivity index (χ4v) is 28.1. The monoisotopic (exact) mass is 700 g/mol. The Hall–Kier alpha value is -4.37. The fraction of sp³-hybridized carbons (Fsp3) is 0.0233. The zero-order chi connectivity index (χ0) is 30.5. The van der Waals surface area contributed by atoms with Gasteiger partial charge in [-0.15, -0.1) is 0 Å². The summed E-state index contributed by atoms with van der Waals surface area (Å²) in [6.07, 6.45) is 0. The molecule has 0 fully saturated rings. The van der Waals surface area contributed by atoms with Crippen molar-refractivity contribution >= 4 is 61.7 Å². The van der Waals surface area contributed by atoms with E-state index in [9.17, 15) is 0 Å². The van der Waals surface area contributed by atoms with Crippen LogP contribution in [0, 0.1) is 6.92 Å². The normalized spacial score (nSPS) is 11.7. The second-order valence-corrected chi connectivity index (χ2v) is 27.6. The summed E-state index contributed by atoms with van der Waals surface area (Å²) in [6.45, 7) is 2.36. The van der Waals surface area contributed by atoms with Gasteiger partial charge >= 0.3 is 274 Å². The molecule has 0 N–H and O–H groups in total. The number of benzene rings is 7. The Labute approximate surface area is 272 Å². The van der Waals surface area contributed by atoms with Gasteiger partial charge < -0.3 is 0 Å². The van der Waals surface area contributed by atoms with Crippen LogP contribution >= 0.6 is 0 Å². The quantitative estimate of drug-likeness (QED) is 0.201. The van der Waals surface area contributed by atoms with Crippen molar-refractivity contribution in [2.45, 2.75) is 6.92 Å². The van der Waals surface area contributed by atoms with E-state index in [-0.39, 0.29) is 0 Å². The zero-order valence-corrected chi connectivity index (χ0v) is 29.7. The minimum absolute atomic E-state index is 1.38. The van der Waals surface area contributed by atoms with Crippen LogP contribution in [0.25, 0.3) is 0 Å². The summed E-state index contributed by atoms with van der Waals surface area (Å²) < 4.78 is 11.7. The van der Waals surface area contributed by atoms with E-state index in [0.29, 0.717) is 0 Å².